The highest BCUT2D eigenvalue weighted by atomic mass is 28.4. The molecule has 0 spiro atoms. The van der Waals surface area contributed by atoms with E-state index in [1.54, 1.807) is 20.0 Å². The van der Waals surface area contributed by atoms with Gasteiger partial charge >= 0.3 is 6.09 Å². The fraction of sp³-hybridized carbons (Fsp3) is 0.727. The van der Waals surface area contributed by atoms with Crippen molar-refractivity contribution in [2.24, 2.45) is 0 Å². The summed E-state index contributed by atoms with van der Waals surface area (Å²) in [5, 5.41) is 12.5. The summed E-state index contributed by atoms with van der Waals surface area (Å²) in [6.07, 6.45) is 3.00. The van der Waals surface area contributed by atoms with Crippen molar-refractivity contribution in [2.75, 3.05) is 6.61 Å². The lowest BCUT2D eigenvalue weighted by Crippen LogP contribution is -2.53. The molecule has 1 rings (SSSR count). The molecule has 0 aromatic rings. The van der Waals surface area contributed by atoms with Crippen LogP contribution in [0.4, 0.5) is 4.79 Å². The predicted molar refractivity (Wildman–Crippen MR) is 67.2 cm³/mol. The van der Waals surface area contributed by atoms with E-state index in [-0.39, 0.29) is 12.1 Å². The third-order valence-electron chi connectivity index (χ3n) is 2.90. The molecule has 1 aliphatic carbocycles. The van der Waals surface area contributed by atoms with Gasteiger partial charge in [-0.3, -0.25) is 0 Å². The molecule has 0 radical (unpaired) electrons. The molecular formula is C11H21NO4Si. The van der Waals surface area contributed by atoms with Crippen molar-refractivity contribution in [1.29, 1.82) is 0 Å². The minimum absolute atomic E-state index is 0.198. The first kappa shape index (κ1) is 14.2. The molecule has 17 heavy (non-hydrogen) atoms. The standard InChI is InChI=1S/C11H21NO4Si/c1-4-16-11(14)12-10-8(13)6-5-7-9(10)17(2,3)15/h5,7-10,13,15H,4,6H2,1-3H3,(H,12,14)/t8-,9-,10-/m0/s1. The van der Waals surface area contributed by atoms with Gasteiger partial charge in [0.2, 0.25) is 0 Å². The Morgan fingerprint density at radius 1 is 1.59 bits per heavy atom. The van der Waals surface area contributed by atoms with Crippen LogP contribution in [0.15, 0.2) is 12.2 Å². The molecule has 0 bridgehead atoms. The van der Waals surface area contributed by atoms with Crippen LogP contribution in [-0.4, -0.2) is 43.1 Å². The first-order valence-corrected chi connectivity index (χ1v) is 8.89. The molecule has 6 heteroatoms. The number of aliphatic hydroxyl groups is 1. The summed E-state index contributed by atoms with van der Waals surface area (Å²) in [4.78, 5) is 21.6. The highest BCUT2D eigenvalue weighted by molar-refractivity contribution is 6.72. The van der Waals surface area contributed by atoms with Crippen molar-refractivity contribution >= 4 is 14.4 Å². The monoisotopic (exact) mass is 259 g/mol. The van der Waals surface area contributed by atoms with Gasteiger partial charge in [0.05, 0.1) is 18.8 Å². The van der Waals surface area contributed by atoms with Crippen LogP contribution in [0.2, 0.25) is 18.6 Å². The number of carbonyl (C=O) groups is 1. The minimum Gasteiger partial charge on any atom is -0.450 e. The molecule has 5 nitrogen and oxygen atoms in total. The predicted octanol–water partition coefficient (Wildman–Crippen LogP) is 0.989. The summed E-state index contributed by atoms with van der Waals surface area (Å²) >= 11 is 0. The van der Waals surface area contributed by atoms with Crippen molar-refractivity contribution in [1.82, 2.24) is 5.32 Å². The van der Waals surface area contributed by atoms with Crippen molar-refractivity contribution < 1.29 is 19.4 Å². The Balaban J connectivity index is 2.77. The fourth-order valence-electron chi connectivity index (χ4n) is 2.04. The molecule has 0 heterocycles. The Bertz CT molecular complexity index is 300. The number of rotatable bonds is 3. The van der Waals surface area contributed by atoms with Gasteiger partial charge < -0.3 is 20.0 Å². The van der Waals surface area contributed by atoms with E-state index in [1.165, 1.54) is 0 Å². The van der Waals surface area contributed by atoms with E-state index in [0.717, 1.165) is 0 Å². The molecule has 0 fully saturated rings. The van der Waals surface area contributed by atoms with Crippen LogP contribution in [0, 0.1) is 0 Å². The van der Waals surface area contributed by atoms with Gasteiger partial charge in [0.1, 0.15) is 0 Å². The Morgan fingerprint density at radius 3 is 2.76 bits per heavy atom. The Morgan fingerprint density at radius 2 is 2.24 bits per heavy atom. The van der Waals surface area contributed by atoms with Gasteiger partial charge in [-0.05, 0) is 26.4 Å². The SMILES string of the molecule is CCOC(=O)N[C@H]1[C@@H](O)CC=C[C@@H]1[Si](C)(C)O. The zero-order chi connectivity index (χ0) is 13.1. The first-order chi connectivity index (χ1) is 7.86. The maximum atomic E-state index is 11.4. The van der Waals surface area contributed by atoms with Crippen molar-refractivity contribution in [3.05, 3.63) is 12.2 Å². The van der Waals surface area contributed by atoms with Gasteiger partial charge in [0.25, 0.3) is 0 Å². The average Bonchev–Trinajstić information content (AvgIpc) is 2.19. The highest BCUT2D eigenvalue weighted by Crippen LogP contribution is 2.31. The number of ether oxygens (including phenoxy) is 1. The summed E-state index contributed by atoms with van der Waals surface area (Å²) < 4.78 is 4.80. The van der Waals surface area contributed by atoms with Crippen LogP contribution in [-0.2, 0) is 4.74 Å². The van der Waals surface area contributed by atoms with Crippen LogP contribution in [0.3, 0.4) is 0 Å². The highest BCUT2D eigenvalue weighted by Gasteiger charge is 2.40. The quantitative estimate of drug-likeness (QED) is 0.521. The summed E-state index contributed by atoms with van der Waals surface area (Å²) in [6.45, 7) is 5.59. The van der Waals surface area contributed by atoms with Crippen molar-refractivity contribution in [2.45, 2.75) is 44.1 Å². The van der Waals surface area contributed by atoms with Gasteiger partial charge in [-0.15, -0.1) is 0 Å². The molecule has 1 aliphatic rings. The summed E-state index contributed by atoms with van der Waals surface area (Å²) in [7, 11) is -2.47. The zero-order valence-corrected chi connectivity index (χ0v) is 11.5. The first-order valence-electron chi connectivity index (χ1n) is 5.86. The maximum Gasteiger partial charge on any atom is 0.407 e. The van der Waals surface area contributed by atoms with E-state index in [4.69, 9.17) is 4.74 Å². The normalized spacial score (nSPS) is 28.9. The average molecular weight is 259 g/mol. The van der Waals surface area contributed by atoms with Gasteiger partial charge in [0, 0.05) is 5.54 Å². The second kappa shape index (κ2) is 5.66. The molecule has 0 unspecified atom stereocenters. The van der Waals surface area contributed by atoms with Crippen LogP contribution < -0.4 is 5.32 Å². The summed E-state index contributed by atoms with van der Waals surface area (Å²) in [6, 6.07) is -0.467. The summed E-state index contributed by atoms with van der Waals surface area (Å²) in [5.41, 5.74) is -0.198. The molecule has 98 valence electrons. The number of hydrogen-bond donors (Lipinski definition) is 3. The van der Waals surface area contributed by atoms with E-state index >= 15 is 0 Å². The third-order valence-corrected chi connectivity index (χ3v) is 5.08. The topological polar surface area (TPSA) is 78.8 Å². The van der Waals surface area contributed by atoms with E-state index in [0.29, 0.717) is 6.42 Å². The maximum absolute atomic E-state index is 11.4. The lowest BCUT2D eigenvalue weighted by Gasteiger charge is -2.37. The van der Waals surface area contributed by atoms with E-state index in [9.17, 15) is 14.7 Å². The molecule has 0 saturated heterocycles. The molecular weight excluding hydrogens is 238 g/mol. The molecule has 0 aromatic carbocycles. The molecule has 0 aliphatic heterocycles. The smallest absolute Gasteiger partial charge is 0.407 e. The van der Waals surface area contributed by atoms with Crippen molar-refractivity contribution in [3.8, 4) is 0 Å². The fourth-order valence-corrected chi connectivity index (χ4v) is 3.83. The minimum atomic E-state index is -2.47. The van der Waals surface area contributed by atoms with Gasteiger partial charge in [-0.25, -0.2) is 4.79 Å². The van der Waals surface area contributed by atoms with E-state index in [2.05, 4.69) is 5.32 Å². The lowest BCUT2D eigenvalue weighted by atomic mass is 9.98. The number of hydrogen-bond acceptors (Lipinski definition) is 4. The van der Waals surface area contributed by atoms with Gasteiger partial charge in [0.15, 0.2) is 8.32 Å². The number of amides is 1. The van der Waals surface area contributed by atoms with Gasteiger partial charge in [-0.2, -0.15) is 0 Å². The van der Waals surface area contributed by atoms with Crippen LogP contribution in [0.25, 0.3) is 0 Å². The van der Waals surface area contributed by atoms with Crippen molar-refractivity contribution in [3.63, 3.8) is 0 Å². The van der Waals surface area contributed by atoms with Crippen LogP contribution in [0.5, 0.6) is 0 Å². The number of nitrogens with one attached hydrogen (secondary N) is 1. The number of aliphatic hydroxyl groups excluding tert-OH is 1. The molecule has 0 aromatic heterocycles. The van der Waals surface area contributed by atoms with Gasteiger partial charge in [-0.1, -0.05) is 12.2 Å². The molecule has 1 amide bonds. The molecule has 3 N–H and O–H groups in total. The van der Waals surface area contributed by atoms with Crippen LogP contribution >= 0.6 is 0 Å². The van der Waals surface area contributed by atoms with Crippen LogP contribution in [0.1, 0.15) is 13.3 Å². The Hall–Kier alpha value is -0.853. The Kier molecular flexibility index (Phi) is 4.73. The summed E-state index contributed by atoms with van der Waals surface area (Å²) in [5.74, 6) is 0. The zero-order valence-electron chi connectivity index (χ0n) is 10.5. The second-order valence-corrected chi connectivity index (χ2v) is 8.78. The van der Waals surface area contributed by atoms with E-state index < -0.39 is 26.6 Å². The molecule has 3 atom stereocenters. The second-order valence-electron chi connectivity index (χ2n) is 4.80. The van der Waals surface area contributed by atoms with E-state index in [1.807, 2.05) is 12.2 Å². The third kappa shape index (κ3) is 3.83. The Labute approximate surface area is 103 Å². The number of carbonyl (C=O) groups excluding carboxylic acids is 1. The largest absolute Gasteiger partial charge is 0.450 e. The lowest BCUT2D eigenvalue weighted by molar-refractivity contribution is 0.104. The number of alkyl carbamates (subject to hydrolysis) is 1. The molecule has 0 saturated carbocycles.